The van der Waals surface area contributed by atoms with Crippen LogP contribution in [-0.2, 0) is 17.3 Å². The molecule has 202 valence electrons. The highest BCUT2D eigenvalue weighted by Crippen LogP contribution is 2.39. The highest BCUT2D eigenvalue weighted by molar-refractivity contribution is 7.80. The van der Waals surface area contributed by atoms with Gasteiger partial charge in [0, 0.05) is 17.1 Å². The summed E-state index contributed by atoms with van der Waals surface area (Å²) < 4.78 is 129. The standard InChI is InChI=1S/C23H11F8NO3S.C2H6/c1-34-15-9-11(23(29,30)31)2-4-14(15)21-13-5-3-12(8-10(13)6-7-32-21)36(33)35-22-19(27)17(25)16(24)18(26)20(22)28;1-2/h2-9H,1H3;1-2H3. The lowest BCUT2D eigenvalue weighted by atomic mass is 10.0. The van der Waals surface area contributed by atoms with E-state index in [0.29, 0.717) is 10.8 Å². The van der Waals surface area contributed by atoms with E-state index in [-0.39, 0.29) is 21.9 Å². The SMILES string of the molecule is CC.COc1cc(C(F)(F)F)ccc1-c1nccc2cc(S(=O)Oc3c(F)c(F)c(F)c(F)c3F)ccc12. The second kappa shape index (κ2) is 11.3. The Morgan fingerprint density at radius 1 is 0.816 bits per heavy atom. The van der Waals surface area contributed by atoms with Gasteiger partial charge in [0.25, 0.3) is 0 Å². The fourth-order valence-electron chi connectivity index (χ4n) is 3.32. The zero-order valence-electron chi connectivity index (χ0n) is 19.7. The summed E-state index contributed by atoms with van der Waals surface area (Å²) in [7, 11) is 1.18. The third-order valence-electron chi connectivity index (χ3n) is 5.04. The van der Waals surface area contributed by atoms with Gasteiger partial charge in [-0.3, -0.25) is 4.98 Å². The molecule has 0 saturated carbocycles. The molecule has 4 aromatic rings. The van der Waals surface area contributed by atoms with E-state index in [0.717, 1.165) is 12.1 Å². The number of rotatable bonds is 5. The van der Waals surface area contributed by atoms with Gasteiger partial charge in [-0.2, -0.15) is 22.0 Å². The summed E-state index contributed by atoms with van der Waals surface area (Å²) in [5.41, 5.74) is -0.523. The molecule has 38 heavy (non-hydrogen) atoms. The van der Waals surface area contributed by atoms with Crippen LogP contribution in [0.3, 0.4) is 0 Å². The molecule has 0 aliphatic carbocycles. The van der Waals surface area contributed by atoms with Crippen molar-refractivity contribution < 1.29 is 48.3 Å². The molecule has 0 amide bonds. The molecular weight excluding hydrogens is 546 g/mol. The van der Waals surface area contributed by atoms with Crippen molar-refractivity contribution in [3.8, 4) is 22.8 Å². The Morgan fingerprint density at radius 2 is 1.42 bits per heavy atom. The molecule has 0 spiro atoms. The van der Waals surface area contributed by atoms with Crippen molar-refractivity contribution in [3.63, 3.8) is 0 Å². The van der Waals surface area contributed by atoms with E-state index in [9.17, 15) is 39.3 Å². The zero-order valence-corrected chi connectivity index (χ0v) is 20.5. The lowest BCUT2D eigenvalue weighted by Gasteiger charge is -2.14. The van der Waals surface area contributed by atoms with Gasteiger partial charge in [0.1, 0.15) is 5.75 Å². The smallest absolute Gasteiger partial charge is 0.416 e. The van der Waals surface area contributed by atoms with E-state index in [1.54, 1.807) is 0 Å². The van der Waals surface area contributed by atoms with Gasteiger partial charge >= 0.3 is 6.18 Å². The number of pyridine rings is 1. The molecule has 0 aliphatic rings. The van der Waals surface area contributed by atoms with Crippen LogP contribution in [0.15, 0.2) is 53.6 Å². The molecule has 0 fully saturated rings. The van der Waals surface area contributed by atoms with E-state index in [4.69, 9.17) is 4.74 Å². The third kappa shape index (κ3) is 5.42. The van der Waals surface area contributed by atoms with Gasteiger partial charge in [0.05, 0.1) is 23.3 Å². The first-order valence-corrected chi connectivity index (χ1v) is 11.8. The molecule has 1 heterocycles. The number of ether oxygens (including phenoxy) is 1. The third-order valence-corrected chi connectivity index (χ3v) is 6.00. The van der Waals surface area contributed by atoms with E-state index in [2.05, 4.69) is 9.17 Å². The molecule has 1 atom stereocenters. The second-order valence-electron chi connectivity index (χ2n) is 7.17. The van der Waals surface area contributed by atoms with Crippen molar-refractivity contribution in [1.82, 2.24) is 4.98 Å². The molecule has 4 nitrogen and oxygen atoms in total. The van der Waals surface area contributed by atoms with Crippen LogP contribution in [0.2, 0.25) is 0 Å². The maximum atomic E-state index is 13.9. The Balaban J connectivity index is 0.00000195. The summed E-state index contributed by atoms with van der Waals surface area (Å²) in [5, 5.41) is 0.696. The largest absolute Gasteiger partial charge is 0.496 e. The average molecular weight is 563 g/mol. The fraction of sp³-hybridized carbons (Fsp3) is 0.160. The second-order valence-corrected chi connectivity index (χ2v) is 8.28. The number of methoxy groups -OCH3 is 1. The van der Waals surface area contributed by atoms with Crippen LogP contribution < -0.4 is 8.92 Å². The Kier molecular flexibility index (Phi) is 8.60. The summed E-state index contributed by atoms with van der Waals surface area (Å²) in [6, 6.07) is 8.02. The van der Waals surface area contributed by atoms with E-state index in [1.165, 1.54) is 43.6 Å². The van der Waals surface area contributed by atoms with E-state index < -0.39 is 57.7 Å². The molecule has 0 N–H and O–H groups in total. The zero-order chi connectivity index (χ0) is 28.4. The molecule has 0 aliphatic heterocycles. The van der Waals surface area contributed by atoms with E-state index >= 15 is 0 Å². The van der Waals surface area contributed by atoms with Crippen molar-refractivity contribution in [2.45, 2.75) is 24.9 Å². The molecule has 1 unspecified atom stereocenters. The summed E-state index contributed by atoms with van der Waals surface area (Å²) in [6.07, 6.45) is -3.31. The van der Waals surface area contributed by atoms with Crippen LogP contribution in [-0.4, -0.2) is 16.3 Å². The topological polar surface area (TPSA) is 48.4 Å². The molecule has 0 radical (unpaired) electrons. The maximum absolute atomic E-state index is 13.9. The number of hydrogen-bond donors (Lipinski definition) is 0. The first-order valence-electron chi connectivity index (χ1n) is 10.7. The Bertz CT molecular complexity index is 1500. The van der Waals surface area contributed by atoms with Crippen LogP contribution in [0.4, 0.5) is 35.1 Å². The van der Waals surface area contributed by atoms with Crippen LogP contribution >= 0.6 is 0 Å². The normalized spacial score (nSPS) is 12.1. The number of halogens is 8. The molecule has 3 aromatic carbocycles. The van der Waals surface area contributed by atoms with Crippen LogP contribution in [0, 0.1) is 29.1 Å². The van der Waals surface area contributed by atoms with Gasteiger partial charge in [-0.25, -0.2) is 17.4 Å². The first kappa shape index (κ1) is 28.8. The van der Waals surface area contributed by atoms with Crippen molar-refractivity contribution in [2.24, 2.45) is 0 Å². The van der Waals surface area contributed by atoms with Crippen LogP contribution in [0.25, 0.3) is 22.0 Å². The number of alkyl halides is 3. The number of benzene rings is 3. The summed E-state index contributed by atoms with van der Waals surface area (Å²) in [4.78, 5) is 3.98. The average Bonchev–Trinajstić information content (AvgIpc) is 2.92. The van der Waals surface area contributed by atoms with Crippen molar-refractivity contribution >= 4 is 21.9 Å². The minimum absolute atomic E-state index is 0.118. The molecule has 13 heteroatoms. The highest BCUT2D eigenvalue weighted by Gasteiger charge is 2.32. The number of fused-ring (bicyclic) bond motifs is 1. The molecule has 4 rings (SSSR count). The minimum Gasteiger partial charge on any atom is -0.496 e. The highest BCUT2D eigenvalue weighted by atomic mass is 32.2. The van der Waals surface area contributed by atoms with Gasteiger partial charge in [0.15, 0.2) is 0 Å². The summed E-state index contributed by atoms with van der Waals surface area (Å²) in [6.45, 7) is 4.00. The lowest BCUT2D eigenvalue weighted by molar-refractivity contribution is -0.137. The summed E-state index contributed by atoms with van der Waals surface area (Å²) in [5.74, 6) is -13.3. The van der Waals surface area contributed by atoms with Crippen molar-refractivity contribution in [2.75, 3.05) is 7.11 Å². The monoisotopic (exact) mass is 563 g/mol. The predicted molar refractivity (Wildman–Crippen MR) is 123 cm³/mol. The van der Waals surface area contributed by atoms with Gasteiger partial charge < -0.3 is 8.92 Å². The molecule has 1 aromatic heterocycles. The van der Waals surface area contributed by atoms with Crippen LogP contribution in [0.5, 0.6) is 11.5 Å². The summed E-state index contributed by atoms with van der Waals surface area (Å²) >= 11 is -2.71. The van der Waals surface area contributed by atoms with E-state index in [1.807, 2.05) is 13.8 Å². The van der Waals surface area contributed by atoms with Crippen molar-refractivity contribution in [3.05, 3.63) is 83.3 Å². The Hall–Kier alpha value is -3.74. The Morgan fingerprint density at radius 3 is 2.00 bits per heavy atom. The molecular formula is C25H17F8NO3S. The molecule has 0 saturated heterocycles. The first-order chi connectivity index (χ1) is 17.9. The number of aromatic nitrogens is 1. The fourth-order valence-corrected chi connectivity index (χ4v) is 4.12. The van der Waals surface area contributed by atoms with Gasteiger partial charge in [-0.05, 0) is 41.8 Å². The predicted octanol–water partition coefficient (Wildman–Crippen LogP) is 7.75. The number of hydrogen-bond acceptors (Lipinski definition) is 4. The van der Waals surface area contributed by atoms with Gasteiger partial charge in [-0.1, -0.05) is 19.9 Å². The minimum atomic E-state index is -4.60. The van der Waals surface area contributed by atoms with Crippen molar-refractivity contribution in [1.29, 1.82) is 0 Å². The van der Waals surface area contributed by atoms with Gasteiger partial charge in [-0.15, -0.1) is 0 Å². The maximum Gasteiger partial charge on any atom is 0.416 e. The quantitative estimate of drug-likeness (QED) is 0.142. The van der Waals surface area contributed by atoms with Crippen LogP contribution in [0.1, 0.15) is 19.4 Å². The van der Waals surface area contributed by atoms with Gasteiger partial charge in [0.2, 0.25) is 45.9 Å². The Labute approximate surface area is 213 Å². The molecule has 0 bridgehead atoms. The number of nitrogens with zero attached hydrogens (tertiary/aromatic N) is 1. The lowest BCUT2D eigenvalue weighted by Crippen LogP contribution is -2.09.